The van der Waals surface area contributed by atoms with Crippen molar-refractivity contribution in [2.75, 3.05) is 31.6 Å². The second kappa shape index (κ2) is 5.71. The van der Waals surface area contributed by atoms with Crippen LogP contribution in [0.5, 0.6) is 5.75 Å². The number of rotatable bonds is 2. The Morgan fingerprint density at radius 2 is 2.10 bits per heavy atom. The highest BCUT2D eigenvalue weighted by Gasteiger charge is 2.31. The van der Waals surface area contributed by atoms with Crippen LogP contribution in [0, 0.1) is 5.92 Å². The zero-order valence-electron chi connectivity index (χ0n) is 11.4. The third-order valence-electron chi connectivity index (χ3n) is 4.09. The van der Waals surface area contributed by atoms with Gasteiger partial charge in [-0.1, -0.05) is 12.1 Å². The summed E-state index contributed by atoms with van der Waals surface area (Å²) in [5.41, 5.74) is 0.940. The second-order valence-corrected chi connectivity index (χ2v) is 5.43. The first kappa shape index (κ1) is 13.2. The predicted octanol–water partition coefficient (Wildman–Crippen LogP) is 1.09. The molecule has 108 valence electrons. The molecule has 0 aliphatic carbocycles. The number of piperidine rings is 1. The minimum Gasteiger partial charge on any atom is -0.477 e. The molecule has 20 heavy (non-hydrogen) atoms. The van der Waals surface area contributed by atoms with Gasteiger partial charge in [-0.2, -0.15) is 0 Å². The number of aliphatic hydroxyl groups excluding tert-OH is 1. The molecule has 0 spiro atoms. The quantitative estimate of drug-likeness (QED) is 0.849. The predicted molar refractivity (Wildman–Crippen MR) is 75.7 cm³/mol. The number of likely N-dealkylation sites (tertiary alicyclic amines) is 1. The summed E-state index contributed by atoms with van der Waals surface area (Å²) in [6.07, 6.45) is 1.30. The Balaban J connectivity index is 1.62. The van der Waals surface area contributed by atoms with Crippen LogP contribution in [0.1, 0.15) is 12.8 Å². The number of nitrogens with zero attached hydrogens (tertiary/aromatic N) is 1. The summed E-state index contributed by atoms with van der Waals surface area (Å²) in [6, 6.07) is 7.67. The summed E-state index contributed by atoms with van der Waals surface area (Å²) < 4.78 is 5.80. The van der Waals surface area contributed by atoms with E-state index in [1.54, 1.807) is 0 Å². The topological polar surface area (TPSA) is 61.8 Å². The van der Waals surface area contributed by atoms with Gasteiger partial charge in [-0.3, -0.25) is 4.79 Å². The second-order valence-electron chi connectivity index (χ2n) is 5.43. The lowest BCUT2D eigenvalue weighted by Crippen LogP contribution is -2.49. The maximum absolute atomic E-state index is 12.5. The maximum atomic E-state index is 12.5. The Morgan fingerprint density at radius 1 is 1.35 bits per heavy atom. The van der Waals surface area contributed by atoms with Crippen LogP contribution in [0.2, 0.25) is 0 Å². The average molecular weight is 276 g/mol. The molecule has 1 unspecified atom stereocenters. The average Bonchev–Trinajstić information content (AvgIpc) is 2.54. The molecule has 2 aliphatic heterocycles. The molecular formula is C15H20N2O3. The van der Waals surface area contributed by atoms with E-state index in [9.17, 15) is 4.79 Å². The Labute approximate surface area is 118 Å². The molecule has 0 bridgehead atoms. The molecule has 0 aromatic heterocycles. The monoisotopic (exact) mass is 276 g/mol. The Morgan fingerprint density at radius 3 is 2.85 bits per heavy atom. The molecule has 1 aromatic rings. The van der Waals surface area contributed by atoms with Gasteiger partial charge < -0.3 is 20.1 Å². The van der Waals surface area contributed by atoms with Crippen molar-refractivity contribution in [1.29, 1.82) is 0 Å². The van der Waals surface area contributed by atoms with E-state index in [2.05, 4.69) is 5.32 Å². The number of anilines is 1. The molecular weight excluding hydrogens is 256 g/mol. The Hall–Kier alpha value is -1.75. The smallest absolute Gasteiger partial charge is 0.265 e. The van der Waals surface area contributed by atoms with Gasteiger partial charge in [0.2, 0.25) is 0 Å². The Kier molecular flexibility index (Phi) is 3.78. The highest BCUT2D eigenvalue weighted by atomic mass is 16.5. The number of hydrogen-bond acceptors (Lipinski definition) is 4. The molecule has 5 nitrogen and oxygen atoms in total. The number of carbonyl (C=O) groups excluding carboxylic acids is 1. The van der Waals surface area contributed by atoms with Crippen molar-refractivity contribution in [2.45, 2.75) is 18.9 Å². The van der Waals surface area contributed by atoms with Gasteiger partial charge >= 0.3 is 0 Å². The number of ether oxygens (including phenoxy) is 1. The summed E-state index contributed by atoms with van der Waals surface area (Å²) in [7, 11) is 0. The fourth-order valence-electron chi connectivity index (χ4n) is 2.79. The zero-order valence-corrected chi connectivity index (χ0v) is 11.4. The molecule has 1 atom stereocenters. The molecule has 1 fully saturated rings. The van der Waals surface area contributed by atoms with E-state index in [0.29, 0.717) is 25.6 Å². The van der Waals surface area contributed by atoms with Crippen LogP contribution in [0.15, 0.2) is 24.3 Å². The minimum atomic E-state index is -0.449. The molecule has 2 heterocycles. The third kappa shape index (κ3) is 2.58. The number of aliphatic hydroxyl groups is 1. The van der Waals surface area contributed by atoms with Crippen LogP contribution < -0.4 is 10.1 Å². The SMILES string of the molecule is O=C(C1CNc2ccccc2O1)N1CCC(CO)CC1. The zero-order chi connectivity index (χ0) is 13.9. The van der Waals surface area contributed by atoms with Crippen molar-refractivity contribution in [3.05, 3.63) is 24.3 Å². The molecule has 0 radical (unpaired) electrons. The standard InChI is InChI=1S/C15H20N2O3/c18-10-11-5-7-17(8-6-11)15(19)14-9-16-12-3-1-2-4-13(12)20-14/h1-4,11,14,16,18H,5-10H2. The summed E-state index contributed by atoms with van der Waals surface area (Å²) in [5, 5.41) is 12.4. The van der Waals surface area contributed by atoms with Crippen molar-refractivity contribution in [3.8, 4) is 5.75 Å². The van der Waals surface area contributed by atoms with Crippen LogP contribution in [-0.4, -0.2) is 48.3 Å². The number of carbonyl (C=O) groups is 1. The van der Waals surface area contributed by atoms with Gasteiger partial charge in [0.05, 0.1) is 12.2 Å². The van der Waals surface area contributed by atoms with Crippen LogP contribution in [0.3, 0.4) is 0 Å². The van der Waals surface area contributed by atoms with Crippen LogP contribution >= 0.6 is 0 Å². The maximum Gasteiger partial charge on any atom is 0.265 e. The van der Waals surface area contributed by atoms with Gasteiger partial charge in [0.25, 0.3) is 5.91 Å². The van der Waals surface area contributed by atoms with Crippen molar-refractivity contribution in [3.63, 3.8) is 0 Å². The van der Waals surface area contributed by atoms with Crippen molar-refractivity contribution in [2.24, 2.45) is 5.92 Å². The molecule has 1 saturated heterocycles. The van der Waals surface area contributed by atoms with E-state index < -0.39 is 6.10 Å². The first-order chi connectivity index (χ1) is 9.78. The van der Waals surface area contributed by atoms with Crippen LogP contribution in [0.25, 0.3) is 0 Å². The molecule has 1 aromatic carbocycles. The number of amides is 1. The van der Waals surface area contributed by atoms with Crippen molar-refractivity contribution in [1.82, 2.24) is 4.90 Å². The molecule has 5 heteroatoms. The lowest BCUT2D eigenvalue weighted by atomic mass is 9.97. The van der Waals surface area contributed by atoms with Gasteiger partial charge in [-0.15, -0.1) is 0 Å². The van der Waals surface area contributed by atoms with Crippen LogP contribution in [-0.2, 0) is 4.79 Å². The van der Waals surface area contributed by atoms with E-state index in [0.717, 1.165) is 24.3 Å². The lowest BCUT2D eigenvalue weighted by Gasteiger charge is -2.35. The third-order valence-corrected chi connectivity index (χ3v) is 4.09. The number of fused-ring (bicyclic) bond motifs is 1. The fraction of sp³-hybridized carbons (Fsp3) is 0.533. The number of benzene rings is 1. The van der Waals surface area contributed by atoms with Gasteiger partial charge in [-0.05, 0) is 30.9 Å². The van der Waals surface area contributed by atoms with E-state index >= 15 is 0 Å². The van der Waals surface area contributed by atoms with Gasteiger partial charge in [-0.25, -0.2) is 0 Å². The lowest BCUT2D eigenvalue weighted by molar-refractivity contribution is -0.140. The van der Waals surface area contributed by atoms with Crippen molar-refractivity contribution < 1.29 is 14.6 Å². The minimum absolute atomic E-state index is 0.0448. The molecule has 1 amide bonds. The highest BCUT2D eigenvalue weighted by Crippen LogP contribution is 2.29. The van der Waals surface area contributed by atoms with E-state index in [1.165, 1.54) is 0 Å². The first-order valence-corrected chi connectivity index (χ1v) is 7.17. The van der Waals surface area contributed by atoms with Gasteiger partial charge in [0, 0.05) is 19.7 Å². The Bertz CT molecular complexity index is 484. The molecule has 2 aliphatic rings. The fourth-order valence-corrected chi connectivity index (χ4v) is 2.79. The summed E-state index contributed by atoms with van der Waals surface area (Å²) >= 11 is 0. The normalized spacial score (nSPS) is 22.6. The molecule has 0 saturated carbocycles. The summed E-state index contributed by atoms with van der Waals surface area (Å²) in [5.74, 6) is 1.12. The largest absolute Gasteiger partial charge is 0.477 e. The summed E-state index contributed by atoms with van der Waals surface area (Å²) in [4.78, 5) is 14.3. The van der Waals surface area contributed by atoms with Crippen LogP contribution in [0.4, 0.5) is 5.69 Å². The highest BCUT2D eigenvalue weighted by molar-refractivity contribution is 5.83. The van der Waals surface area contributed by atoms with E-state index in [4.69, 9.17) is 9.84 Å². The molecule has 2 N–H and O–H groups in total. The summed E-state index contributed by atoms with van der Waals surface area (Å²) in [6.45, 7) is 2.16. The number of hydrogen-bond donors (Lipinski definition) is 2. The van der Waals surface area contributed by atoms with Gasteiger partial charge in [0.1, 0.15) is 5.75 Å². The number of para-hydroxylation sites is 2. The number of nitrogens with one attached hydrogen (secondary N) is 1. The van der Waals surface area contributed by atoms with E-state index in [1.807, 2.05) is 29.2 Å². The first-order valence-electron chi connectivity index (χ1n) is 7.17. The van der Waals surface area contributed by atoms with Gasteiger partial charge in [0.15, 0.2) is 6.10 Å². The van der Waals surface area contributed by atoms with Crippen molar-refractivity contribution >= 4 is 11.6 Å². The van der Waals surface area contributed by atoms with E-state index in [-0.39, 0.29) is 12.5 Å². The molecule has 3 rings (SSSR count).